The van der Waals surface area contributed by atoms with E-state index in [9.17, 15) is 9.90 Å². The molecule has 2 rings (SSSR count). The third kappa shape index (κ3) is 1.45. The lowest BCUT2D eigenvalue weighted by molar-refractivity contribution is -0.137. The van der Waals surface area contributed by atoms with Gasteiger partial charge in [-0.1, -0.05) is 5.57 Å². The Morgan fingerprint density at radius 1 is 1.73 bits per heavy atom. The maximum atomic E-state index is 11.9. The first-order chi connectivity index (χ1) is 6.90. The van der Waals surface area contributed by atoms with Gasteiger partial charge in [0, 0.05) is 6.42 Å². The molecule has 15 heavy (non-hydrogen) atoms. The molecule has 0 radical (unpaired) electrons. The predicted octanol–water partition coefficient (Wildman–Crippen LogP) is 1.45. The molecule has 1 N–H and O–H groups in total. The molecule has 1 aliphatic carbocycles. The van der Waals surface area contributed by atoms with Gasteiger partial charge in [0.1, 0.15) is 17.5 Å². The highest BCUT2D eigenvalue weighted by atomic mass is 16.6. The molecule has 1 heterocycles. The van der Waals surface area contributed by atoms with Gasteiger partial charge in [-0.25, -0.2) is 0 Å². The van der Waals surface area contributed by atoms with Crippen molar-refractivity contribution in [2.24, 2.45) is 5.41 Å². The summed E-state index contributed by atoms with van der Waals surface area (Å²) in [6.07, 6.45) is 1.40. The third-order valence-corrected chi connectivity index (χ3v) is 3.83. The van der Waals surface area contributed by atoms with Gasteiger partial charge in [-0.3, -0.25) is 4.79 Å². The molecule has 0 spiro atoms. The average molecular weight is 210 g/mol. The fraction of sp³-hybridized carbons (Fsp3) is 0.750. The van der Waals surface area contributed by atoms with Crippen LogP contribution in [-0.4, -0.2) is 29.2 Å². The van der Waals surface area contributed by atoms with Gasteiger partial charge in [0.05, 0.1) is 12.0 Å². The molecule has 0 bridgehead atoms. The van der Waals surface area contributed by atoms with E-state index in [1.54, 1.807) is 0 Å². The molecule has 2 aliphatic rings. The van der Waals surface area contributed by atoms with E-state index in [-0.39, 0.29) is 11.9 Å². The van der Waals surface area contributed by atoms with Crippen molar-refractivity contribution in [1.29, 1.82) is 0 Å². The molecule has 1 aliphatic heterocycles. The van der Waals surface area contributed by atoms with Crippen LogP contribution in [0.1, 0.15) is 33.1 Å². The predicted molar refractivity (Wildman–Crippen MR) is 56.5 cm³/mol. The summed E-state index contributed by atoms with van der Waals surface area (Å²) in [6, 6.07) is 0. The topological polar surface area (TPSA) is 49.8 Å². The van der Waals surface area contributed by atoms with E-state index >= 15 is 0 Å². The fourth-order valence-corrected chi connectivity index (χ4v) is 2.79. The summed E-state index contributed by atoms with van der Waals surface area (Å²) < 4.78 is 5.19. The van der Waals surface area contributed by atoms with Gasteiger partial charge in [0.25, 0.3) is 0 Å². The molecule has 2 fully saturated rings. The van der Waals surface area contributed by atoms with Crippen LogP contribution in [0.4, 0.5) is 0 Å². The van der Waals surface area contributed by atoms with E-state index < -0.39 is 11.0 Å². The Labute approximate surface area is 90.1 Å². The molecule has 1 saturated carbocycles. The number of hydrogen-bond donors (Lipinski definition) is 1. The Kier molecular flexibility index (Phi) is 2.28. The number of allylic oxidation sites excluding steroid dienone is 1. The zero-order valence-corrected chi connectivity index (χ0v) is 9.38. The zero-order valence-electron chi connectivity index (χ0n) is 9.38. The van der Waals surface area contributed by atoms with Crippen LogP contribution in [0.2, 0.25) is 0 Å². The van der Waals surface area contributed by atoms with Gasteiger partial charge in [-0.15, -0.1) is 6.58 Å². The molecular weight excluding hydrogens is 192 g/mol. The summed E-state index contributed by atoms with van der Waals surface area (Å²) >= 11 is 0. The number of ether oxygens (including phenoxy) is 1. The highest BCUT2D eigenvalue weighted by Gasteiger charge is 2.63. The van der Waals surface area contributed by atoms with Crippen LogP contribution in [0.5, 0.6) is 0 Å². The van der Waals surface area contributed by atoms with Crippen LogP contribution in [0.25, 0.3) is 0 Å². The van der Waals surface area contributed by atoms with Crippen molar-refractivity contribution in [3.05, 3.63) is 12.2 Å². The summed E-state index contributed by atoms with van der Waals surface area (Å²) in [5, 5.41) is 10.6. The second-order valence-corrected chi connectivity index (χ2v) is 5.14. The second-order valence-electron chi connectivity index (χ2n) is 5.14. The maximum Gasteiger partial charge on any atom is 0.142 e. The minimum absolute atomic E-state index is 0.142. The summed E-state index contributed by atoms with van der Waals surface area (Å²) in [4.78, 5) is 11.9. The Hall–Kier alpha value is -0.670. The fourth-order valence-electron chi connectivity index (χ4n) is 2.79. The zero-order chi connectivity index (χ0) is 11.3. The van der Waals surface area contributed by atoms with Gasteiger partial charge >= 0.3 is 0 Å². The van der Waals surface area contributed by atoms with E-state index in [4.69, 9.17) is 4.74 Å². The standard InChI is InChI=1S/C12H18O3/c1-8(2)6-11(3)9(13)4-5-12(11,14)10-7-15-10/h10,14H,1,4-7H2,2-3H3/t10-,11+,12+/m1/s1. The molecule has 3 atom stereocenters. The second kappa shape index (κ2) is 3.16. The van der Waals surface area contributed by atoms with Crippen molar-refractivity contribution in [2.75, 3.05) is 6.61 Å². The molecule has 0 unspecified atom stereocenters. The Bertz CT molecular complexity index is 319. The lowest BCUT2D eigenvalue weighted by Gasteiger charge is -2.37. The van der Waals surface area contributed by atoms with Gasteiger partial charge in [-0.05, 0) is 26.7 Å². The van der Waals surface area contributed by atoms with E-state index in [2.05, 4.69) is 6.58 Å². The maximum absolute atomic E-state index is 11.9. The highest BCUT2D eigenvalue weighted by Crippen LogP contribution is 2.52. The lowest BCUT2D eigenvalue weighted by Crippen LogP contribution is -2.49. The van der Waals surface area contributed by atoms with E-state index in [0.29, 0.717) is 25.9 Å². The van der Waals surface area contributed by atoms with Crippen LogP contribution in [0.15, 0.2) is 12.2 Å². The van der Waals surface area contributed by atoms with Crippen LogP contribution in [-0.2, 0) is 9.53 Å². The molecule has 0 aromatic rings. The number of Topliss-reactive ketones (excluding diaryl/α,β-unsaturated/α-hetero) is 1. The minimum Gasteiger partial charge on any atom is -0.386 e. The van der Waals surface area contributed by atoms with Crippen molar-refractivity contribution in [1.82, 2.24) is 0 Å². The first kappa shape index (κ1) is 10.8. The first-order valence-corrected chi connectivity index (χ1v) is 5.42. The van der Waals surface area contributed by atoms with E-state index in [0.717, 1.165) is 5.57 Å². The molecule has 3 heteroatoms. The van der Waals surface area contributed by atoms with Crippen molar-refractivity contribution in [3.63, 3.8) is 0 Å². The highest BCUT2D eigenvalue weighted by molar-refractivity contribution is 5.89. The summed E-state index contributed by atoms with van der Waals surface area (Å²) in [6.45, 7) is 8.16. The molecule has 1 saturated heterocycles. The number of carbonyl (C=O) groups excluding carboxylic acids is 1. The van der Waals surface area contributed by atoms with Crippen LogP contribution in [0.3, 0.4) is 0 Å². The van der Waals surface area contributed by atoms with Crippen LogP contribution < -0.4 is 0 Å². The Balaban J connectivity index is 2.31. The monoisotopic (exact) mass is 210 g/mol. The summed E-state index contributed by atoms with van der Waals surface area (Å²) in [5.41, 5.74) is -0.727. The van der Waals surface area contributed by atoms with Crippen LogP contribution >= 0.6 is 0 Å². The number of rotatable bonds is 3. The molecule has 84 valence electrons. The van der Waals surface area contributed by atoms with Gasteiger partial charge in [0.15, 0.2) is 0 Å². The minimum atomic E-state index is -0.969. The van der Waals surface area contributed by atoms with Crippen molar-refractivity contribution >= 4 is 5.78 Å². The van der Waals surface area contributed by atoms with E-state index in [1.165, 1.54) is 0 Å². The molecule has 0 aromatic carbocycles. The van der Waals surface area contributed by atoms with Crippen molar-refractivity contribution in [3.8, 4) is 0 Å². The van der Waals surface area contributed by atoms with Crippen molar-refractivity contribution < 1.29 is 14.6 Å². The molecule has 0 amide bonds. The summed E-state index contributed by atoms with van der Waals surface area (Å²) in [7, 11) is 0. The van der Waals surface area contributed by atoms with E-state index in [1.807, 2.05) is 13.8 Å². The van der Waals surface area contributed by atoms with Gasteiger partial charge < -0.3 is 9.84 Å². The number of aliphatic hydroxyl groups is 1. The largest absolute Gasteiger partial charge is 0.386 e. The quantitative estimate of drug-likeness (QED) is 0.566. The SMILES string of the molecule is C=C(C)C[C@@]1(C)C(=O)CC[C@]1(O)[C@H]1CO1. The number of epoxide rings is 1. The number of carbonyl (C=O) groups is 1. The van der Waals surface area contributed by atoms with Gasteiger partial charge in [-0.2, -0.15) is 0 Å². The smallest absolute Gasteiger partial charge is 0.142 e. The Morgan fingerprint density at radius 3 is 2.80 bits per heavy atom. The van der Waals surface area contributed by atoms with Crippen molar-refractivity contribution in [2.45, 2.75) is 44.8 Å². The Morgan fingerprint density at radius 2 is 2.33 bits per heavy atom. The van der Waals surface area contributed by atoms with Crippen LogP contribution in [0, 0.1) is 5.41 Å². The summed E-state index contributed by atoms with van der Waals surface area (Å²) in [5.74, 6) is 0.142. The molecule has 0 aromatic heterocycles. The lowest BCUT2D eigenvalue weighted by atomic mass is 9.70. The molecular formula is C12H18O3. The third-order valence-electron chi connectivity index (χ3n) is 3.83. The normalized spacial score (nSPS) is 44.5. The molecule has 3 nitrogen and oxygen atoms in total. The van der Waals surface area contributed by atoms with Gasteiger partial charge in [0.2, 0.25) is 0 Å². The number of ketones is 1. The number of hydrogen-bond acceptors (Lipinski definition) is 3. The average Bonchev–Trinajstić information content (AvgIpc) is 2.91. The first-order valence-electron chi connectivity index (χ1n) is 5.42.